The van der Waals surface area contributed by atoms with Crippen LogP contribution in [0, 0.1) is 0 Å². The lowest BCUT2D eigenvalue weighted by Crippen LogP contribution is -2.16. The maximum atomic E-state index is 11.9. The standard InChI is InChI=1S/C10H13ClN6O/c1-6(2)17-14-10(13-15-17)12-9(18)8-4-7(11)5-16(8)3/h4-6H,1-3H3,(H,12,14,18). The molecule has 0 aromatic carbocycles. The van der Waals surface area contributed by atoms with Crippen LogP contribution in [0.3, 0.4) is 0 Å². The summed E-state index contributed by atoms with van der Waals surface area (Å²) in [5, 5.41) is 14.7. The first kappa shape index (κ1) is 12.6. The van der Waals surface area contributed by atoms with Crippen LogP contribution < -0.4 is 5.32 Å². The van der Waals surface area contributed by atoms with Gasteiger partial charge in [-0.05, 0) is 25.1 Å². The fourth-order valence-corrected chi connectivity index (χ4v) is 1.66. The Morgan fingerprint density at radius 3 is 2.72 bits per heavy atom. The van der Waals surface area contributed by atoms with Crippen molar-refractivity contribution in [2.24, 2.45) is 7.05 Å². The van der Waals surface area contributed by atoms with Gasteiger partial charge in [-0.15, -0.1) is 5.10 Å². The highest BCUT2D eigenvalue weighted by molar-refractivity contribution is 6.31. The number of rotatable bonds is 3. The normalized spacial score (nSPS) is 10.9. The first-order chi connectivity index (χ1) is 8.47. The molecule has 0 bridgehead atoms. The van der Waals surface area contributed by atoms with Crippen molar-refractivity contribution in [3.8, 4) is 0 Å². The summed E-state index contributed by atoms with van der Waals surface area (Å²) in [6, 6.07) is 1.66. The summed E-state index contributed by atoms with van der Waals surface area (Å²) in [5.74, 6) is -0.154. The number of carbonyl (C=O) groups excluding carboxylic acids is 1. The Bertz CT molecular complexity index is 573. The van der Waals surface area contributed by atoms with Crippen LogP contribution in [0.2, 0.25) is 5.02 Å². The SMILES string of the molecule is CC(C)n1nnc(NC(=O)c2cc(Cl)cn2C)n1. The van der Waals surface area contributed by atoms with E-state index in [0.29, 0.717) is 10.7 Å². The quantitative estimate of drug-likeness (QED) is 0.915. The van der Waals surface area contributed by atoms with E-state index in [0.717, 1.165) is 0 Å². The van der Waals surface area contributed by atoms with Crippen molar-refractivity contribution in [1.82, 2.24) is 24.8 Å². The van der Waals surface area contributed by atoms with Crippen molar-refractivity contribution in [3.05, 3.63) is 23.0 Å². The van der Waals surface area contributed by atoms with Crippen molar-refractivity contribution >= 4 is 23.5 Å². The third kappa shape index (κ3) is 2.51. The molecule has 8 heteroatoms. The van der Waals surface area contributed by atoms with Gasteiger partial charge >= 0.3 is 0 Å². The maximum absolute atomic E-state index is 11.9. The number of tetrazole rings is 1. The Morgan fingerprint density at radius 1 is 1.50 bits per heavy atom. The van der Waals surface area contributed by atoms with Crippen LogP contribution in [0.1, 0.15) is 30.4 Å². The van der Waals surface area contributed by atoms with Gasteiger partial charge in [-0.1, -0.05) is 16.7 Å². The van der Waals surface area contributed by atoms with Crippen molar-refractivity contribution in [2.75, 3.05) is 5.32 Å². The Balaban J connectivity index is 2.13. The Morgan fingerprint density at radius 2 is 2.22 bits per heavy atom. The molecule has 7 nitrogen and oxygen atoms in total. The maximum Gasteiger partial charge on any atom is 0.274 e. The zero-order chi connectivity index (χ0) is 13.3. The molecule has 2 aromatic heterocycles. The summed E-state index contributed by atoms with van der Waals surface area (Å²) in [6.45, 7) is 3.84. The number of nitrogens with zero attached hydrogens (tertiary/aromatic N) is 5. The number of halogens is 1. The molecule has 0 saturated heterocycles. The van der Waals surface area contributed by atoms with Gasteiger partial charge in [0.1, 0.15) is 5.69 Å². The third-order valence-corrected chi connectivity index (χ3v) is 2.53. The van der Waals surface area contributed by atoms with E-state index in [2.05, 4.69) is 20.7 Å². The van der Waals surface area contributed by atoms with Crippen LogP contribution in [0.5, 0.6) is 0 Å². The van der Waals surface area contributed by atoms with Gasteiger partial charge in [-0.25, -0.2) is 0 Å². The molecule has 0 aliphatic carbocycles. The molecule has 18 heavy (non-hydrogen) atoms. The largest absolute Gasteiger partial charge is 0.345 e. The van der Waals surface area contributed by atoms with Crippen molar-refractivity contribution in [1.29, 1.82) is 0 Å². The number of aromatic nitrogens is 5. The fraction of sp³-hybridized carbons (Fsp3) is 0.400. The highest BCUT2D eigenvalue weighted by Crippen LogP contribution is 2.13. The summed E-state index contributed by atoms with van der Waals surface area (Å²) in [7, 11) is 1.74. The zero-order valence-corrected chi connectivity index (χ0v) is 11.0. The molecule has 0 atom stereocenters. The fourth-order valence-electron chi connectivity index (χ4n) is 1.41. The van der Waals surface area contributed by atoms with Crippen LogP contribution in [-0.4, -0.2) is 30.7 Å². The first-order valence-corrected chi connectivity index (χ1v) is 5.78. The second-order valence-corrected chi connectivity index (χ2v) is 4.57. The predicted molar refractivity (Wildman–Crippen MR) is 66.6 cm³/mol. The van der Waals surface area contributed by atoms with Crippen molar-refractivity contribution in [2.45, 2.75) is 19.9 Å². The minimum Gasteiger partial charge on any atom is -0.345 e. The summed E-state index contributed by atoms with van der Waals surface area (Å²) in [6.07, 6.45) is 1.65. The molecule has 2 heterocycles. The van der Waals surface area contributed by atoms with Crippen LogP contribution in [0.4, 0.5) is 5.95 Å². The highest BCUT2D eigenvalue weighted by atomic mass is 35.5. The average molecular weight is 269 g/mol. The number of hydrogen-bond donors (Lipinski definition) is 1. The van der Waals surface area contributed by atoms with E-state index in [-0.39, 0.29) is 17.9 Å². The second kappa shape index (κ2) is 4.77. The van der Waals surface area contributed by atoms with Gasteiger partial charge in [0.25, 0.3) is 11.9 Å². The van der Waals surface area contributed by atoms with Gasteiger partial charge in [-0.3, -0.25) is 10.1 Å². The molecule has 0 spiro atoms. The van der Waals surface area contributed by atoms with Gasteiger partial charge in [0.05, 0.1) is 11.1 Å². The molecule has 2 rings (SSSR count). The molecule has 0 saturated carbocycles. The molecular formula is C10H13ClN6O. The molecule has 0 aliphatic heterocycles. The van der Waals surface area contributed by atoms with E-state index in [1.54, 1.807) is 23.9 Å². The molecule has 0 unspecified atom stereocenters. The molecule has 0 fully saturated rings. The van der Waals surface area contributed by atoms with E-state index in [1.165, 1.54) is 4.80 Å². The van der Waals surface area contributed by atoms with Crippen molar-refractivity contribution < 1.29 is 4.79 Å². The Kier molecular flexibility index (Phi) is 3.33. The summed E-state index contributed by atoms with van der Waals surface area (Å²) < 4.78 is 1.63. The number of hydrogen-bond acceptors (Lipinski definition) is 4. The van der Waals surface area contributed by atoms with Gasteiger partial charge in [0, 0.05) is 13.2 Å². The number of carbonyl (C=O) groups is 1. The summed E-state index contributed by atoms with van der Waals surface area (Å²) in [5.41, 5.74) is 0.431. The smallest absolute Gasteiger partial charge is 0.274 e. The molecule has 0 aliphatic rings. The monoisotopic (exact) mass is 268 g/mol. The van der Waals surface area contributed by atoms with Crippen LogP contribution in [-0.2, 0) is 7.05 Å². The number of anilines is 1. The lowest BCUT2D eigenvalue weighted by atomic mass is 10.4. The van der Waals surface area contributed by atoms with E-state index in [4.69, 9.17) is 11.6 Å². The van der Waals surface area contributed by atoms with E-state index in [9.17, 15) is 4.79 Å². The zero-order valence-electron chi connectivity index (χ0n) is 10.3. The third-order valence-electron chi connectivity index (χ3n) is 2.32. The van der Waals surface area contributed by atoms with Crippen LogP contribution in [0.15, 0.2) is 12.3 Å². The minimum atomic E-state index is -0.326. The minimum absolute atomic E-state index is 0.0904. The molecule has 96 valence electrons. The van der Waals surface area contributed by atoms with Gasteiger partial charge in [0.2, 0.25) is 0 Å². The van der Waals surface area contributed by atoms with Crippen molar-refractivity contribution in [3.63, 3.8) is 0 Å². The van der Waals surface area contributed by atoms with E-state index in [1.807, 2.05) is 13.8 Å². The molecule has 0 radical (unpaired) electrons. The molecular weight excluding hydrogens is 256 g/mol. The predicted octanol–water partition coefficient (Wildman–Crippen LogP) is 1.50. The topological polar surface area (TPSA) is 77.6 Å². The lowest BCUT2D eigenvalue weighted by molar-refractivity contribution is 0.101. The van der Waals surface area contributed by atoms with E-state index < -0.39 is 0 Å². The summed E-state index contributed by atoms with van der Waals surface area (Å²) >= 11 is 5.81. The van der Waals surface area contributed by atoms with Gasteiger partial charge < -0.3 is 4.57 Å². The molecule has 1 amide bonds. The second-order valence-electron chi connectivity index (χ2n) is 4.14. The number of nitrogens with one attached hydrogen (secondary N) is 1. The summed E-state index contributed by atoms with van der Waals surface area (Å²) in [4.78, 5) is 13.3. The highest BCUT2D eigenvalue weighted by Gasteiger charge is 2.14. The lowest BCUT2D eigenvalue weighted by Gasteiger charge is -2.02. The molecule has 1 N–H and O–H groups in total. The van der Waals surface area contributed by atoms with E-state index >= 15 is 0 Å². The van der Waals surface area contributed by atoms with Crippen LogP contribution >= 0.6 is 11.6 Å². The average Bonchev–Trinajstić information content (AvgIpc) is 2.85. The van der Waals surface area contributed by atoms with Gasteiger partial charge in [0.15, 0.2) is 0 Å². The number of aryl methyl sites for hydroxylation is 1. The molecule has 2 aromatic rings. The Labute approximate surface area is 109 Å². The van der Waals surface area contributed by atoms with Crippen LogP contribution in [0.25, 0.3) is 0 Å². The first-order valence-electron chi connectivity index (χ1n) is 5.40. The van der Waals surface area contributed by atoms with Gasteiger partial charge in [-0.2, -0.15) is 4.80 Å². The number of amides is 1. The Hall–Kier alpha value is -1.89.